The van der Waals surface area contributed by atoms with E-state index < -0.39 is 50.3 Å². The first-order valence-electron chi connectivity index (χ1n) is 7.73. The molecular formula is C17H17F2N3O4S2. The van der Waals surface area contributed by atoms with Gasteiger partial charge in [-0.05, 0) is 36.4 Å². The molecule has 0 aliphatic rings. The number of aliphatic imine (C=N–C) groups is 1. The van der Waals surface area contributed by atoms with E-state index in [1.807, 2.05) is 0 Å². The molecule has 0 saturated carbocycles. The summed E-state index contributed by atoms with van der Waals surface area (Å²) in [6.07, 6.45) is 1.04. The van der Waals surface area contributed by atoms with E-state index in [-0.39, 0.29) is 10.6 Å². The van der Waals surface area contributed by atoms with Gasteiger partial charge in [-0.1, -0.05) is 6.07 Å². The Kier molecular flexibility index (Phi) is 6.75. The van der Waals surface area contributed by atoms with Crippen molar-refractivity contribution in [2.75, 3.05) is 6.26 Å². The molecule has 0 aliphatic carbocycles. The molecule has 28 heavy (non-hydrogen) atoms. The van der Waals surface area contributed by atoms with E-state index >= 15 is 0 Å². The van der Waals surface area contributed by atoms with Crippen molar-refractivity contribution in [3.63, 3.8) is 0 Å². The van der Waals surface area contributed by atoms with Crippen LogP contribution < -0.4 is 11.5 Å². The molecule has 0 bridgehead atoms. The van der Waals surface area contributed by atoms with Gasteiger partial charge in [0.15, 0.2) is 21.3 Å². The number of nitrogens with two attached hydrogens (primary N) is 2. The molecule has 0 fully saturated rings. The number of nitrogens with zero attached hydrogens (tertiary/aromatic N) is 1. The second-order valence-corrected chi connectivity index (χ2v) is 8.19. The monoisotopic (exact) mass is 429 g/mol. The Bertz CT molecular complexity index is 991. The van der Waals surface area contributed by atoms with Gasteiger partial charge >= 0.3 is 0 Å². The number of rotatable bonds is 6. The summed E-state index contributed by atoms with van der Waals surface area (Å²) >= 11 is 4.01. The van der Waals surface area contributed by atoms with Crippen LogP contribution in [0.25, 0.3) is 0 Å². The van der Waals surface area contributed by atoms with Gasteiger partial charge in [0.25, 0.3) is 0 Å². The van der Waals surface area contributed by atoms with Crippen LogP contribution >= 0.6 is 12.6 Å². The number of amides is 1. The number of ether oxygens (including phenoxy) is 1. The Morgan fingerprint density at radius 2 is 1.68 bits per heavy atom. The van der Waals surface area contributed by atoms with E-state index in [9.17, 15) is 22.0 Å². The predicted octanol–water partition coefficient (Wildman–Crippen LogP) is 1.86. The molecule has 2 atom stereocenters. The minimum atomic E-state index is -3.42. The number of sulfone groups is 1. The van der Waals surface area contributed by atoms with E-state index in [0.29, 0.717) is 0 Å². The molecule has 2 aromatic carbocycles. The van der Waals surface area contributed by atoms with E-state index in [0.717, 1.165) is 18.4 Å². The molecule has 2 aromatic rings. The smallest absolute Gasteiger partial charge is 0.243 e. The SMILES string of the molecule is CS(=O)(=O)c1ccc(N=C(OC(S)c2c(F)cccc2F)C(N)C(N)=O)cc1. The highest BCUT2D eigenvalue weighted by Gasteiger charge is 2.25. The van der Waals surface area contributed by atoms with Crippen LogP contribution in [0.1, 0.15) is 11.0 Å². The third-order valence-corrected chi connectivity index (χ3v) is 5.05. The molecule has 0 aliphatic heterocycles. The molecule has 1 amide bonds. The number of benzene rings is 2. The van der Waals surface area contributed by atoms with Gasteiger partial charge in [-0.3, -0.25) is 4.79 Å². The molecule has 2 rings (SSSR count). The summed E-state index contributed by atoms with van der Waals surface area (Å²) in [5.41, 5.74) is 9.04. The molecule has 0 saturated heterocycles. The maximum atomic E-state index is 13.9. The Morgan fingerprint density at radius 1 is 1.14 bits per heavy atom. The third kappa shape index (κ3) is 5.27. The molecule has 4 N–H and O–H groups in total. The van der Waals surface area contributed by atoms with Crippen LogP contribution in [0.2, 0.25) is 0 Å². The van der Waals surface area contributed by atoms with E-state index in [2.05, 4.69) is 17.6 Å². The first-order valence-corrected chi connectivity index (χ1v) is 10.1. The Labute approximate surface area is 165 Å². The van der Waals surface area contributed by atoms with Gasteiger partial charge in [-0.15, -0.1) is 12.6 Å². The molecule has 11 heteroatoms. The molecule has 7 nitrogen and oxygen atoms in total. The molecule has 0 radical (unpaired) electrons. The maximum Gasteiger partial charge on any atom is 0.243 e. The van der Waals surface area contributed by atoms with Gasteiger partial charge in [0.1, 0.15) is 11.6 Å². The highest BCUT2D eigenvalue weighted by atomic mass is 32.2. The summed E-state index contributed by atoms with van der Waals surface area (Å²) in [6.45, 7) is 0. The van der Waals surface area contributed by atoms with E-state index in [1.54, 1.807) is 0 Å². The van der Waals surface area contributed by atoms with Crippen molar-refractivity contribution in [1.29, 1.82) is 0 Å². The van der Waals surface area contributed by atoms with E-state index in [4.69, 9.17) is 16.2 Å². The fraction of sp³-hybridized carbons (Fsp3) is 0.176. The zero-order valence-electron chi connectivity index (χ0n) is 14.5. The standard InChI is InChI=1S/C17H17F2N3O4S2/c1-28(24,25)10-7-5-9(6-8-10)22-16(14(20)15(21)23)26-17(27)13-11(18)3-2-4-12(13)19/h2-8,14,17,27H,20H2,1H3,(H2,21,23). The average molecular weight is 429 g/mol. The number of hydrogen-bond acceptors (Lipinski definition) is 7. The van der Waals surface area contributed by atoms with Crippen LogP contribution in [0.15, 0.2) is 52.4 Å². The maximum absolute atomic E-state index is 13.9. The number of primary amides is 1. The topological polar surface area (TPSA) is 125 Å². The van der Waals surface area contributed by atoms with Crippen molar-refractivity contribution in [3.05, 3.63) is 59.7 Å². The van der Waals surface area contributed by atoms with Crippen LogP contribution in [0, 0.1) is 11.6 Å². The Balaban J connectivity index is 2.40. The van der Waals surface area contributed by atoms with Gasteiger partial charge in [-0.25, -0.2) is 22.2 Å². The minimum Gasteiger partial charge on any atom is -0.460 e. The van der Waals surface area contributed by atoms with Crippen LogP contribution in [-0.2, 0) is 19.4 Å². The Morgan fingerprint density at radius 3 is 2.14 bits per heavy atom. The van der Waals surface area contributed by atoms with Crippen LogP contribution in [-0.4, -0.2) is 32.5 Å². The summed E-state index contributed by atoms with van der Waals surface area (Å²) < 4.78 is 56.1. The fourth-order valence-electron chi connectivity index (χ4n) is 2.11. The molecule has 0 heterocycles. The fourth-order valence-corrected chi connectivity index (χ4v) is 3.09. The lowest BCUT2D eigenvalue weighted by molar-refractivity contribution is -0.118. The molecule has 150 valence electrons. The van der Waals surface area contributed by atoms with Crippen molar-refractivity contribution < 1.29 is 26.7 Å². The first kappa shape index (κ1) is 21.8. The van der Waals surface area contributed by atoms with Crippen molar-refractivity contribution in [1.82, 2.24) is 0 Å². The quantitative estimate of drug-likeness (QED) is 0.280. The van der Waals surface area contributed by atoms with Crippen molar-refractivity contribution in [2.45, 2.75) is 16.4 Å². The number of carbonyl (C=O) groups excluding carboxylic acids is 1. The summed E-state index contributed by atoms with van der Waals surface area (Å²) in [6, 6.07) is 6.92. The predicted molar refractivity (Wildman–Crippen MR) is 103 cm³/mol. The van der Waals surface area contributed by atoms with Gasteiger partial charge in [0.2, 0.25) is 11.8 Å². The van der Waals surface area contributed by atoms with Crippen molar-refractivity contribution >= 4 is 40.0 Å². The summed E-state index contributed by atoms with van der Waals surface area (Å²) in [4.78, 5) is 15.5. The van der Waals surface area contributed by atoms with Gasteiger partial charge in [-0.2, -0.15) is 0 Å². The van der Waals surface area contributed by atoms with Crippen LogP contribution in [0.4, 0.5) is 14.5 Å². The molecule has 0 spiro atoms. The highest BCUT2D eigenvalue weighted by Crippen LogP contribution is 2.28. The Hall–Kier alpha value is -2.50. The summed E-state index contributed by atoms with van der Waals surface area (Å²) in [5.74, 6) is -3.27. The van der Waals surface area contributed by atoms with Crippen LogP contribution in [0.3, 0.4) is 0 Å². The second-order valence-electron chi connectivity index (χ2n) is 5.70. The van der Waals surface area contributed by atoms with Gasteiger partial charge in [0.05, 0.1) is 16.1 Å². The lowest BCUT2D eigenvalue weighted by Crippen LogP contribution is -2.44. The first-order chi connectivity index (χ1) is 13.0. The number of halogens is 2. The zero-order valence-corrected chi connectivity index (χ0v) is 16.3. The largest absolute Gasteiger partial charge is 0.460 e. The van der Waals surface area contributed by atoms with Gasteiger partial charge in [0, 0.05) is 6.26 Å². The minimum absolute atomic E-state index is 0.0496. The summed E-state index contributed by atoms with van der Waals surface area (Å²) in [5, 5.41) is 0. The number of thiol groups is 1. The average Bonchev–Trinajstić information content (AvgIpc) is 2.60. The number of hydrogen-bond donors (Lipinski definition) is 3. The summed E-state index contributed by atoms with van der Waals surface area (Å²) in [7, 11) is -3.42. The lowest BCUT2D eigenvalue weighted by Gasteiger charge is -2.19. The molecular weight excluding hydrogens is 412 g/mol. The molecule has 0 aromatic heterocycles. The highest BCUT2D eigenvalue weighted by molar-refractivity contribution is 7.90. The van der Waals surface area contributed by atoms with Crippen LogP contribution in [0.5, 0.6) is 0 Å². The van der Waals surface area contributed by atoms with Gasteiger partial charge < -0.3 is 16.2 Å². The number of carbonyl (C=O) groups is 1. The zero-order chi connectivity index (χ0) is 21.1. The third-order valence-electron chi connectivity index (χ3n) is 3.56. The normalized spacial score (nSPS) is 14.4. The van der Waals surface area contributed by atoms with Crippen molar-refractivity contribution in [2.24, 2.45) is 16.5 Å². The lowest BCUT2D eigenvalue weighted by atomic mass is 10.2. The van der Waals surface area contributed by atoms with E-state index in [1.165, 1.54) is 30.3 Å². The van der Waals surface area contributed by atoms with Crippen molar-refractivity contribution in [3.8, 4) is 0 Å². The second kappa shape index (κ2) is 8.67. The molecule has 2 unspecified atom stereocenters.